The predicted molar refractivity (Wildman–Crippen MR) is 106 cm³/mol. The van der Waals surface area contributed by atoms with Crippen molar-refractivity contribution in [3.8, 4) is 0 Å². The monoisotopic (exact) mass is 388 g/mol. The van der Waals surface area contributed by atoms with Crippen molar-refractivity contribution in [3.05, 3.63) is 42.2 Å². The lowest BCUT2D eigenvalue weighted by Gasteiger charge is -2.30. The second kappa shape index (κ2) is 8.14. The van der Waals surface area contributed by atoms with E-state index in [2.05, 4.69) is 15.3 Å². The first-order valence-electron chi connectivity index (χ1n) is 8.77. The molecule has 1 aromatic carbocycles. The molecule has 3 rings (SSSR count). The molecule has 1 unspecified atom stereocenters. The minimum atomic E-state index is -0.936. The summed E-state index contributed by atoms with van der Waals surface area (Å²) >= 11 is 1.60. The van der Waals surface area contributed by atoms with Crippen molar-refractivity contribution >= 4 is 29.5 Å². The Balaban J connectivity index is 1.57. The van der Waals surface area contributed by atoms with Gasteiger partial charge in [-0.25, -0.2) is 14.8 Å². The molecule has 1 aliphatic rings. The highest BCUT2D eigenvalue weighted by Crippen LogP contribution is 2.29. The molecule has 0 aliphatic carbocycles. The van der Waals surface area contributed by atoms with Gasteiger partial charge in [-0.15, -0.1) is 11.8 Å². The maximum atomic E-state index is 11.5. The van der Waals surface area contributed by atoms with Gasteiger partial charge in [0.2, 0.25) is 5.95 Å². The minimum absolute atomic E-state index is 0.126. The van der Waals surface area contributed by atoms with E-state index in [-0.39, 0.29) is 6.04 Å². The molecule has 2 aromatic rings. The van der Waals surface area contributed by atoms with Crippen molar-refractivity contribution in [3.63, 3.8) is 0 Å². The Morgan fingerprint density at radius 3 is 2.59 bits per heavy atom. The van der Waals surface area contributed by atoms with Gasteiger partial charge in [0.25, 0.3) is 0 Å². The molecule has 1 atom stereocenters. The fourth-order valence-electron chi connectivity index (χ4n) is 3.19. The standard InChI is InChI=1S/C19H24N4O3S/c1-19(2)23(18(24)25)15(12-26-19)9-6-13-4-7-14(8-5-13)22-17-20-10-16(27-3)11-21-17/h4-5,7-8,10-11,15H,6,9,12H2,1-3H3,(H,24,25)(H,20,21,22). The minimum Gasteiger partial charge on any atom is -0.465 e. The summed E-state index contributed by atoms with van der Waals surface area (Å²) in [6.07, 6.45) is 6.13. The quantitative estimate of drug-likeness (QED) is 0.724. The maximum absolute atomic E-state index is 11.5. The van der Waals surface area contributed by atoms with Crippen LogP contribution < -0.4 is 5.32 Å². The first-order chi connectivity index (χ1) is 12.9. The summed E-state index contributed by atoms with van der Waals surface area (Å²) in [5.74, 6) is 0.558. The molecule has 1 aromatic heterocycles. The number of nitrogens with zero attached hydrogens (tertiary/aromatic N) is 3. The number of aromatic nitrogens is 2. The average Bonchev–Trinajstić information content (AvgIpc) is 2.96. The molecule has 1 aliphatic heterocycles. The van der Waals surface area contributed by atoms with Crippen LogP contribution in [0.15, 0.2) is 41.6 Å². The Bertz CT molecular complexity index is 781. The lowest BCUT2D eigenvalue weighted by molar-refractivity contribution is -0.0421. The Hall–Kier alpha value is -2.32. The van der Waals surface area contributed by atoms with Crippen molar-refractivity contribution < 1.29 is 14.6 Å². The number of thioether (sulfide) groups is 1. The third-order valence-electron chi connectivity index (χ3n) is 4.62. The number of anilines is 2. The zero-order chi connectivity index (χ0) is 19.4. The van der Waals surface area contributed by atoms with Crippen LogP contribution >= 0.6 is 11.8 Å². The molecular formula is C19H24N4O3S. The number of benzene rings is 1. The summed E-state index contributed by atoms with van der Waals surface area (Å²) in [7, 11) is 0. The summed E-state index contributed by atoms with van der Waals surface area (Å²) < 4.78 is 5.64. The molecule has 0 radical (unpaired) electrons. The third kappa shape index (κ3) is 4.70. The fraction of sp³-hybridized carbons (Fsp3) is 0.421. The van der Waals surface area contributed by atoms with Crippen LogP contribution in [-0.4, -0.2) is 50.7 Å². The van der Waals surface area contributed by atoms with Gasteiger partial charge in [-0.3, -0.25) is 4.90 Å². The number of aryl methyl sites for hydroxylation is 1. The molecule has 2 heterocycles. The molecule has 2 N–H and O–H groups in total. The van der Waals surface area contributed by atoms with Crippen LogP contribution in [0.4, 0.5) is 16.4 Å². The molecule has 0 saturated carbocycles. The van der Waals surface area contributed by atoms with E-state index < -0.39 is 11.8 Å². The topological polar surface area (TPSA) is 87.6 Å². The first kappa shape index (κ1) is 19.4. The molecule has 1 saturated heterocycles. The molecular weight excluding hydrogens is 364 g/mol. The number of hydrogen-bond acceptors (Lipinski definition) is 6. The summed E-state index contributed by atoms with van der Waals surface area (Å²) in [6, 6.07) is 7.89. The van der Waals surface area contributed by atoms with Crippen LogP contribution in [0, 0.1) is 0 Å². The highest BCUT2D eigenvalue weighted by molar-refractivity contribution is 7.98. The molecule has 144 valence electrons. The van der Waals surface area contributed by atoms with E-state index in [0.29, 0.717) is 12.6 Å². The lowest BCUT2D eigenvalue weighted by Crippen LogP contribution is -2.47. The Kier molecular flexibility index (Phi) is 5.86. The maximum Gasteiger partial charge on any atom is 0.409 e. The predicted octanol–water partition coefficient (Wildman–Crippen LogP) is 3.99. The van der Waals surface area contributed by atoms with E-state index in [0.717, 1.165) is 29.0 Å². The molecule has 27 heavy (non-hydrogen) atoms. The number of amides is 1. The van der Waals surface area contributed by atoms with Crippen molar-refractivity contribution in [1.82, 2.24) is 14.9 Å². The van der Waals surface area contributed by atoms with E-state index in [9.17, 15) is 9.90 Å². The number of carboxylic acid groups (broad SMARTS) is 1. The second-order valence-corrected chi connectivity index (χ2v) is 7.75. The van der Waals surface area contributed by atoms with E-state index >= 15 is 0 Å². The lowest BCUT2D eigenvalue weighted by atomic mass is 10.0. The van der Waals surface area contributed by atoms with Gasteiger partial charge in [-0.1, -0.05) is 12.1 Å². The smallest absolute Gasteiger partial charge is 0.409 e. The first-order valence-corrected chi connectivity index (χ1v) is 10.00. The molecule has 8 heteroatoms. The normalized spacial score (nSPS) is 18.5. The van der Waals surface area contributed by atoms with Crippen molar-refractivity contribution in [1.29, 1.82) is 0 Å². The van der Waals surface area contributed by atoms with Crippen LogP contribution in [0.25, 0.3) is 0 Å². The van der Waals surface area contributed by atoms with Crippen LogP contribution in [0.1, 0.15) is 25.8 Å². The molecule has 0 bridgehead atoms. The van der Waals surface area contributed by atoms with E-state index in [1.807, 2.05) is 30.5 Å². The second-order valence-electron chi connectivity index (χ2n) is 6.87. The van der Waals surface area contributed by atoms with Crippen LogP contribution in [0.5, 0.6) is 0 Å². The van der Waals surface area contributed by atoms with Crippen molar-refractivity contribution in [2.75, 3.05) is 18.2 Å². The zero-order valence-corrected chi connectivity index (χ0v) is 16.5. The van der Waals surface area contributed by atoms with Crippen molar-refractivity contribution in [2.24, 2.45) is 0 Å². The van der Waals surface area contributed by atoms with Gasteiger partial charge < -0.3 is 15.2 Å². The van der Waals surface area contributed by atoms with Gasteiger partial charge in [-0.05, 0) is 50.6 Å². The highest BCUT2D eigenvalue weighted by atomic mass is 32.2. The number of ether oxygens (including phenoxy) is 1. The summed E-state index contributed by atoms with van der Waals surface area (Å²) in [5.41, 5.74) is 1.29. The number of rotatable bonds is 6. The van der Waals surface area contributed by atoms with Gasteiger partial charge in [0.05, 0.1) is 12.6 Å². The number of carbonyl (C=O) groups is 1. The van der Waals surface area contributed by atoms with Gasteiger partial charge in [0, 0.05) is 23.0 Å². The molecule has 1 amide bonds. The van der Waals surface area contributed by atoms with E-state index in [1.165, 1.54) is 4.90 Å². The van der Waals surface area contributed by atoms with Gasteiger partial charge >= 0.3 is 6.09 Å². The van der Waals surface area contributed by atoms with Crippen molar-refractivity contribution in [2.45, 2.75) is 43.4 Å². The Morgan fingerprint density at radius 1 is 1.33 bits per heavy atom. The fourth-order valence-corrected chi connectivity index (χ4v) is 3.50. The Morgan fingerprint density at radius 2 is 2.00 bits per heavy atom. The Labute approximate surface area is 163 Å². The molecule has 1 fully saturated rings. The van der Waals surface area contributed by atoms with Crippen LogP contribution in [0.2, 0.25) is 0 Å². The van der Waals surface area contributed by atoms with Crippen LogP contribution in [0.3, 0.4) is 0 Å². The molecule has 0 spiro atoms. The van der Waals surface area contributed by atoms with Crippen LogP contribution in [-0.2, 0) is 11.2 Å². The summed E-state index contributed by atoms with van der Waals surface area (Å²) in [6.45, 7) is 4.01. The van der Waals surface area contributed by atoms with E-state index in [1.54, 1.807) is 38.0 Å². The van der Waals surface area contributed by atoms with Gasteiger partial charge in [-0.2, -0.15) is 0 Å². The number of hydrogen-bond donors (Lipinski definition) is 2. The molecule has 7 nitrogen and oxygen atoms in total. The summed E-state index contributed by atoms with van der Waals surface area (Å²) in [5, 5.41) is 12.6. The summed E-state index contributed by atoms with van der Waals surface area (Å²) in [4.78, 5) is 22.5. The zero-order valence-electron chi connectivity index (χ0n) is 15.7. The SMILES string of the molecule is CSc1cnc(Nc2ccc(CCC3COC(C)(C)N3C(=O)O)cc2)nc1. The van der Waals surface area contributed by atoms with E-state index in [4.69, 9.17) is 4.74 Å². The third-order valence-corrected chi connectivity index (χ3v) is 5.30. The largest absolute Gasteiger partial charge is 0.465 e. The average molecular weight is 388 g/mol. The van der Waals surface area contributed by atoms with Gasteiger partial charge in [0.15, 0.2) is 0 Å². The van der Waals surface area contributed by atoms with Gasteiger partial charge in [0.1, 0.15) is 5.72 Å². The highest BCUT2D eigenvalue weighted by Gasteiger charge is 2.43. The number of nitrogens with one attached hydrogen (secondary N) is 1.